The van der Waals surface area contributed by atoms with Gasteiger partial charge in [-0.05, 0) is 57.5 Å². The molecule has 0 spiro atoms. The summed E-state index contributed by atoms with van der Waals surface area (Å²) in [6.45, 7) is 5.15. The Morgan fingerprint density at radius 3 is 2.71 bits per heavy atom. The van der Waals surface area contributed by atoms with E-state index in [1.54, 1.807) is 12.1 Å². The van der Waals surface area contributed by atoms with Gasteiger partial charge in [0.2, 0.25) is 0 Å². The molecular weight excluding hydrogens is 215 g/mol. The molecule has 1 aromatic carbocycles. The van der Waals surface area contributed by atoms with Crippen LogP contribution in [-0.4, -0.2) is 25.7 Å². The topological polar surface area (TPSA) is 15.3 Å². The molecular formula is C14H21FN2. The molecule has 3 heteroatoms. The van der Waals surface area contributed by atoms with Crippen molar-refractivity contribution in [3.63, 3.8) is 0 Å². The lowest BCUT2D eigenvalue weighted by atomic mass is 9.97. The summed E-state index contributed by atoms with van der Waals surface area (Å²) < 4.78 is 13.4. The van der Waals surface area contributed by atoms with Crippen LogP contribution in [0.15, 0.2) is 18.2 Å². The molecule has 0 amide bonds. The van der Waals surface area contributed by atoms with Gasteiger partial charge in [-0.3, -0.25) is 0 Å². The van der Waals surface area contributed by atoms with Gasteiger partial charge in [0.25, 0.3) is 0 Å². The summed E-state index contributed by atoms with van der Waals surface area (Å²) in [5.74, 6) is -0.136. The second-order valence-electron chi connectivity index (χ2n) is 5.04. The minimum atomic E-state index is -0.136. The molecule has 0 aromatic heterocycles. The Morgan fingerprint density at radius 2 is 2.12 bits per heavy atom. The summed E-state index contributed by atoms with van der Waals surface area (Å²) in [7, 11) is 2.01. The molecule has 1 saturated heterocycles. The van der Waals surface area contributed by atoms with E-state index in [2.05, 4.69) is 23.2 Å². The zero-order valence-corrected chi connectivity index (χ0v) is 10.8. The van der Waals surface area contributed by atoms with Gasteiger partial charge in [-0.2, -0.15) is 0 Å². The first kappa shape index (κ1) is 12.4. The summed E-state index contributed by atoms with van der Waals surface area (Å²) in [5.41, 5.74) is 2.01. The lowest BCUT2D eigenvalue weighted by Gasteiger charge is -2.39. The average Bonchev–Trinajstić information content (AvgIpc) is 2.27. The molecule has 0 saturated carbocycles. The molecule has 1 aliphatic heterocycles. The number of aryl methyl sites for hydroxylation is 1. The first-order chi connectivity index (χ1) is 8.10. The molecule has 2 nitrogen and oxygen atoms in total. The van der Waals surface area contributed by atoms with E-state index in [0.29, 0.717) is 12.1 Å². The van der Waals surface area contributed by atoms with Crippen molar-refractivity contribution in [2.75, 3.05) is 18.5 Å². The van der Waals surface area contributed by atoms with Crippen LogP contribution in [0.3, 0.4) is 0 Å². The molecule has 2 unspecified atom stereocenters. The predicted molar refractivity (Wildman–Crippen MR) is 70.0 cm³/mol. The van der Waals surface area contributed by atoms with Crippen LogP contribution in [0.4, 0.5) is 10.1 Å². The molecule has 17 heavy (non-hydrogen) atoms. The van der Waals surface area contributed by atoms with Crippen molar-refractivity contribution >= 4 is 5.69 Å². The molecule has 0 aliphatic carbocycles. The zero-order chi connectivity index (χ0) is 12.4. The fraction of sp³-hybridized carbons (Fsp3) is 0.571. The fourth-order valence-electron chi connectivity index (χ4n) is 2.70. The lowest BCUT2D eigenvalue weighted by molar-refractivity contribution is 0.387. The third-order valence-electron chi connectivity index (χ3n) is 3.64. The minimum absolute atomic E-state index is 0.136. The van der Waals surface area contributed by atoms with Crippen LogP contribution in [0.5, 0.6) is 0 Å². The molecule has 1 fully saturated rings. The number of benzene rings is 1. The highest BCUT2D eigenvalue weighted by molar-refractivity contribution is 5.50. The maximum Gasteiger partial charge on any atom is 0.125 e. The standard InChI is InChI=1S/C14H21FN2/c1-10-6-12(15)9-14(7-10)17-5-4-13(16-3)8-11(17)2/h6-7,9,11,13,16H,4-5,8H2,1-3H3. The van der Waals surface area contributed by atoms with Crippen molar-refractivity contribution < 1.29 is 4.39 Å². The van der Waals surface area contributed by atoms with Crippen LogP contribution in [0, 0.1) is 12.7 Å². The Balaban J connectivity index is 2.17. The quantitative estimate of drug-likeness (QED) is 0.849. The molecule has 94 valence electrons. The number of hydrogen-bond acceptors (Lipinski definition) is 2. The van der Waals surface area contributed by atoms with Gasteiger partial charge in [-0.1, -0.05) is 0 Å². The zero-order valence-electron chi connectivity index (χ0n) is 10.8. The maximum absolute atomic E-state index is 13.4. The molecule has 1 heterocycles. The number of rotatable bonds is 2. The number of piperidine rings is 1. The van der Waals surface area contributed by atoms with Crippen molar-refractivity contribution in [3.8, 4) is 0 Å². The van der Waals surface area contributed by atoms with E-state index in [1.807, 2.05) is 14.0 Å². The van der Waals surface area contributed by atoms with Crippen LogP contribution in [0.25, 0.3) is 0 Å². The normalized spacial score (nSPS) is 25.1. The molecule has 0 radical (unpaired) electrons. The summed E-state index contributed by atoms with van der Waals surface area (Å²) in [6.07, 6.45) is 2.24. The first-order valence-corrected chi connectivity index (χ1v) is 6.31. The molecule has 1 aliphatic rings. The predicted octanol–water partition coefficient (Wildman–Crippen LogP) is 2.71. The van der Waals surface area contributed by atoms with Crippen molar-refractivity contribution in [1.29, 1.82) is 0 Å². The van der Waals surface area contributed by atoms with E-state index in [0.717, 1.165) is 30.6 Å². The number of halogens is 1. The van der Waals surface area contributed by atoms with Gasteiger partial charge < -0.3 is 10.2 Å². The molecule has 1 N–H and O–H groups in total. The van der Waals surface area contributed by atoms with E-state index >= 15 is 0 Å². The van der Waals surface area contributed by atoms with E-state index in [9.17, 15) is 4.39 Å². The Hall–Kier alpha value is -1.09. The lowest BCUT2D eigenvalue weighted by Crippen LogP contribution is -2.46. The second-order valence-corrected chi connectivity index (χ2v) is 5.04. The second kappa shape index (κ2) is 5.05. The molecule has 2 rings (SSSR count). The molecule has 0 bridgehead atoms. The Morgan fingerprint density at radius 1 is 1.35 bits per heavy atom. The van der Waals surface area contributed by atoms with Gasteiger partial charge in [0.1, 0.15) is 5.82 Å². The number of nitrogens with one attached hydrogen (secondary N) is 1. The van der Waals surface area contributed by atoms with Crippen molar-refractivity contribution in [3.05, 3.63) is 29.6 Å². The fourth-order valence-corrected chi connectivity index (χ4v) is 2.70. The highest BCUT2D eigenvalue weighted by Crippen LogP contribution is 2.26. The summed E-state index contributed by atoms with van der Waals surface area (Å²) in [5, 5.41) is 3.33. The highest BCUT2D eigenvalue weighted by atomic mass is 19.1. The van der Waals surface area contributed by atoms with Gasteiger partial charge >= 0.3 is 0 Å². The first-order valence-electron chi connectivity index (χ1n) is 6.31. The molecule has 2 atom stereocenters. The van der Waals surface area contributed by atoms with Gasteiger partial charge in [-0.25, -0.2) is 4.39 Å². The smallest absolute Gasteiger partial charge is 0.125 e. The SMILES string of the molecule is CNC1CCN(c2cc(C)cc(F)c2)C(C)C1. The van der Waals surface area contributed by atoms with Crippen LogP contribution in [0.2, 0.25) is 0 Å². The van der Waals surface area contributed by atoms with Crippen molar-refractivity contribution in [2.45, 2.75) is 38.8 Å². The number of nitrogens with zero attached hydrogens (tertiary/aromatic N) is 1. The van der Waals surface area contributed by atoms with Gasteiger partial charge in [0, 0.05) is 24.3 Å². The Kier molecular flexibility index (Phi) is 3.67. The van der Waals surface area contributed by atoms with E-state index in [1.165, 1.54) is 0 Å². The monoisotopic (exact) mass is 236 g/mol. The van der Waals surface area contributed by atoms with Gasteiger partial charge in [0.05, 0.1) is 0 Å². The largest absolute Gasteiger partial charge is 0.369 e. The van der Waals surface area contributed by atoms with Gasteiger partial charge in [-0.15, -0.1) is 0 Å². The Labute approximate surface area is 103 Å². The Bertz CT molecular complexity index is 372. The van der Waals surface area contributed by atoms with E-state index in [-0.39, 0.29) is 5.82 Å². The third kappa shape index (κ3) is 2.78. The summed E-state index contributed by atoms with van der Waals surface area (Å²) in [6, 6.07) is 6.34. The highest BCUT2D eigenvalue weighted by Gasteiger charge is 2.24. The number of anilines is 1. The van der Waals surface area contributed by atoms with Crippen LogP contribution in [-0.2, 0) is 0 Å². The van der Waals surface area contributed by atoms with Crippen molar-refractivity contribution in [2.24, 2.45) is 0 Å². The third-order valence-corrected chi connectivity index (χ3v) is 3.64. The van der Waals surface area contributed by atoms with Crippen LogP contribution >= 0.6 is 0 Å². The van der Waals surface area contributed by atoms with Crippen molar-refractivity contribution in [1.82, 2.24) is 5.32 Å². The van der Waals surface area contributed by atoms with Crippen LogP contribution < -0.4 is 10.2 Å². The minimum Gasteiger partial charge on any atom is -0.369 e. The maximum atomic E-state index is 13.4. The van der Waals surface area contributed by atoms with Crippen LogP contribution in [0.1, 0.15) is 25.3 Å². The number of hydrogen-bond donors (Lipinski definition) is 1. The molecule has 1 aromatic rings. The summed E-state index contributed by atoms with van der Waals surface area (Å²) >= 11 is 0. The van der Waals surface area contributed by atoms with Gasteiger partial charge in [0.15, 0.2) is 0 Å². The summed E-state index contributed by atoms with van der Waals surface area (Å²) in [4.78, 5) is 2.31. The average molecular weight is 236 g/mol. The van der Waals surface area contributed by atoms with E-state index < -0.39 is 0 Å². The van der Waals surface area contributed by atoms with E-state index in [4.69, 9.17) is 0 Å².